The van der Waals surface area contributed by atoms with Gasteiger partial charge in [0.15, 0.2) is 0 Å². The lowest BCUT2D eigenvalue weighted by Gasteiger charge is -2.28. The Hall–Kier alpha value is -0.0800. The lowest BCUT2D eigenvalue weighted by atomic mass is 9.84. The Morgan fingerprint density at radius 1 is 1.19 bits per heavy atom. The molecule has 96 valence electrons. The highest BCUT2D eigenvalue weighted by molar-refractivity contribution is 4.86. The molecular weight excluding hydrogens is 196 g/mol. The summed E-state index contributed by atoms with van der Waals surface area (Å²) in [4.78, 5) is 0. The number of hydrogen-bond acceptors (Lipinski definition) is 2. The van der Waals surface area contributed by atoms with E-state index in [1.807, 2.05) is 0 Å². The summed E-state index contributed by atoms with van der Waals surface area (Å²) in [7, 11) is 0. The summed E-state index contributed by atoms with van der Waals surface area (Å²) in [5.41, 5.74) is 0.485. The van der Waals surface area contributed by atoms with E-state index in [1.54, 1.807) is 0 Å². The highest BCUT2D eigenvalue weighted by Crippen LogP contribution is 2.24. The molecule has 1 aliphatic heterocycles. The van der Waals surface area contributed by atoms with Gasteiger partial charge in [-0.3, -0.25) is 0 Å². The second-order valence-electron chi connectivity index (χ2n) is 6.52. The molecule has 0 amide bonds. The number of nitrogens with one attached hydrogen (secondary N) is 2. The van der Waals surface area contributed by atoms with E-state index in [4.69, 9.17) is 0 Å². The van der Waals surface area contributed by atoms with Crippen LogP contribution < -0.4 is 10.6 Å². The van der Waals surface area contributed by atoms with Gasteiger partial charge in [0.1, 0.15) is 0 Å². The van der Waals surface area contributed by atoms with E-state index < -0.39 is 0 Å². The fourth-order valence-electron chi connectivity index (χ4n) is 2.80. The Morgan fingerprint density at radius 2 is 1.81 bits per heavy atom. The molecule has 1 unspecified atom stereocenters. The van der Waals surface area contributed by atoms with E-state index in [9.17, 15) is 0 Å². The molecule has 1 saturated heterocycles. The molecule has 0 aromatic heterocycles. The highest BCUT2D eigenvalue weighted by Gasteiger charge is 2.28. The molecular formula is C14H30N2. The van der Waals surface area contributed by atoms with Crippen LogP contribution in [0.3, 0.4) is 0 Å². The third-order valence-corrected chi connectivity index (χ3v) is 4.10. The van der Waals surface area contributed by atoms with Crippen molar-refractivity contribution >= 4 is 0 Å². The molecule has 0 aromatic rings. The Morgan fingerprint density at radius 3 is 2.25 bits per heavy atom. The zero-order valence-corrected chi connectivity index (χ0v) is 11.8. The van der Waals surface area contributed by atoms with Gasteiger partial charge >= 0.3 is 0 Å². The van der Waals surface area contributed by atoms with Crippen LogP contribution in [0.4, 0.5) is 0 Å². The summed E-state index contributed by atoms with van der Waals surface area (Å²) in [5.74, 6) is 2.36. The summed E-state index contributed by atoms with van der Waals surface area (Å²) in [6.07, 6.45) is 1.31. The van der Waals surface area contributed by atoms with Crippen molar-refractivity contribution in [2.45, 2.75) is 41.0 Å². The highest BCUT2D eigenvalue weighted by atomic mass is 15.0. The lowest BCUT2D eigenvalue weighted by molar-refractivity contribution is 0.253. The third kappa shape index (κ3) is 4.06. The first kappa shape index (κ1) is 14.0. The maximum Gasteiger partial charge on any atom is 0.00179 e. The SMILES string of the molecule is CC(C)C(CNCC1(C)CCNC1)C(C)C. The van der Waals surface area contributed by atoms with Crippen molar-refractivity contribution in [2.75, 3.05) is 26.2 Å². The van der Waals surface area contributed by atoms with Crippen LogP contribution in [0.25, 0.3) is 0 Å². The van der Waals surface area contributed by atoms with Crippen molar-refractivity contribution < 1.29 is 0 Å². The average molecular weight is 226 g/mol. The molecule has 1 aliphatic rings. The molecule has 2 N–H and O–H groups in total. The minimum absolute atomic E-state index is 0.485. The van der Waals surface area contributed by atoms with Crippen molar-refractivity contribution in [3.63, 3.8) is 0 Å². The van der Waals surface area contributed by atoms with Gasteiger partial charge in [0.25, 0.3) is 0 Å². The van der Waals surface area contributed by atoms with Crippen LogP contribution in [-0.4, -0.2) is 26.2 Å². The first-order valence-electron chi connectivity index (χ1n) is 6.86. The van der Waals surface area contributed by atoms with Gasteiger partial charge in [0.2, 0.25) is 0 Å². The van der Waals surface area contributed by atoms with Crippen LogP contribution in [0.1, 0.15) is 41.0 Å². The fourth-order valence-corrected chi connectivity index (χ4v) is 2.80. The standard InChI is InChI=1S/C14H30N2/c1-11(2)13(12(3)4)8-16-10-14(5)6-7-15-9-14/h11-13,15-16H,6-10H2,1-5H3. The van der Waals surface area contributed by atoms with E-state index in [1.165, 1.54) is 26.1 Å². The third-order valence-electron chi connectivity index (χ3n) is 4.10. The van der Waals surface area contributed by atoms with Gasteiger partial charge in [0.05, 0.1) is 0 Å². The van der Waals surface area contributed by atoms with Crippen LogP contribution in [0, 0.1) is 23.2 Å². The van der Waals surface area contributed by atoms with E-state index in [2.05, 4.69) is 45.3 Å². The molecule has 2 heteroatoms. The molecule has 0 aliphatic carbocycles. The summed E-state index contributed by atoms with van der Waals surface area (Å²) in [6, 6.07) is 0. The van der Waals surface area contributed by atoms with Crippen molar-refractivity contribution in [1.29, 1.82) is 0 Å². The maximum absolute atomic E-state index is 3.69. The molecule has 1 heterocycles. The molecule has 2 nitrogen and oxygen atoms in total. The average Bonchev–Trinajstić information content (AvgIpc) is 2.59. The quantitative estimate of drug-likeness (QED) is 0.727. The fraction of sp³-hybridized carbons (Fsp3) is 1.00. The lowest BCUT2D eigenvalue weighted by Crippen LogP contribution is -2.38. The molecule has 1 rings (SSSR count). The molecule has 16 heavy (non-hydrogen) atoms. The Bertz CT molecular complexity index is 185. The molecule has 1 atom stereocenters. The van der Waals surface area contributed by atoms with Crippen LogP contribution in [0.2, 0.25) is 0 Å². The molecule has 0 bridgehead atoms. The van der Waals surface area contributed by atoms with Crippen LogP contribution >= 0.6 is 0 Å². The summed E-state index contributed by atoms with van der Waals surface area (Å²) in [6.45, 7) is 16.4. The zero-order valence-electron chi connectivity index (χ0n) is 11.8. The van der Waals surface area contributed by atoms with Gasteiger partial charge < -0.3 is 10.6 Å². The predicted octanol–water partition coefficient (Wildman–Crippen LogP) is 2.50. The Balaban J connectivity index is 2.27. The minimum atomic E-state index is 0.485. The summed E-state index contributed by atoms with van der Waals surface area (Å²) in [5, 5.41) is 7.15. The minimum Gasteiger partial charge on any atom is -0.316 e. The molecule has 0 saturated carbocycles. The summed E-state index contributed by atoms with van der Waals surface area (Å²) >= 11 is 0. The molecule has 0 aromatic carbocycles. The van der Waals surface area contributed by atoms with E-state index in [0.717, 1.165) is 24.3 Å². The largest absolute Gasteiger partial charge is 0.316 e. The number of rotatable bonds is 6. The zero-order chi connectivity index (χ0) is 12.2. The molecule has 1 fully saturated rings. The maximum atomic E-state index is 3.69. The van der Waals surface area contributed by atoms with E-state index >= 15 is 0 Å². The molecule has 0 spiro atoms. The van der Waals surface area contributed by atoms with Crippen molar-refractivity contribution in [3.05, 3.63) is 0 Å². The van der Waals surface area contributed by atoms with Gasteiger partial charge in [-0.2, -0.15) is 0 Å². The van der Waals surface area contributed by atoms with Crippen molar-refractivity contribution in [3.8, 4) is 0 Å². The number of hydrogen-bond donors (Lipinski definition) is 2. The predicted molar refractivity (Wildman–Crippen MR) is 71.6 cm³/mol. The van der Waals surface area contributed by atoms with Gasteiger partial charge in [-0.25, -0.2) is 0 Å². The second kappa shape index (κ2) is 6.02. The van der Waals surface area contributed by atoms with Gasteiger partial charge in [-0.15, -0.1) is 0 Å². The Kier molecular flexibility index (Phi) is 5.26. The first-order chi connectivity index (χ1) is 7.44. The van der Waals surface area contributed by atoms with Crippen molar-refractivity contribution in [2.24, 2.45) is 23.2 Å². The van der Waals surface area contributed by atoms with E-state index in [-0.39, 0.29) is 0 Å². The van der Waals surface area contributed by atoms with Gasteiger partial charge in [-0.05, 0) is 42.7 Å². The normalized spacial score (nSPS) is 26.2. The Labute approximate surface area is 102 Å². The van der Waals surface area contributed by atoms with Crippen LogP contribution in [0.15, 0.2) is 0 Å². The molecule has 0 radical (unpaired) electrons. The second-order valence-corrected chi connectivity index (χ2v) is 6.52. The van der Waals surface area contributed by atoms with Gasteiger partial charge in [-0.1, -0.05) is 34.6 Å². The van der Waals surface area contributed by atoms with Crippen LogP contribution in [-0.2, 0) is 0 Å². The van der Waals surface area contributed by atoms with E-state index in [0.29, 0.717) is 5.41 Å². The topological polar surface area (TPSA) is 24.1 Å². The van der Waals surface area contributed by atoms with Gasteiger partial charge in [0, 0.05) is 13.1 Å². The van der Waals surface area contributed by atoms with Crippen LogP contribution in [0.5, 0.6) is 0 Å². The monoisotopic (exact) mass is 226 g/mol. The van der Waals surface area contributed by atoms with Crippen molar-refractivity contribution in [1.82, 2.24) is 10.6 Å². The smallest absolute Gasteiger partial charge is 0.00179 e. The summed E-state index contributed by atoms with van der Waals surface area (Å²) < 4.78 is 0. The first-order valence-corrected chi connectivity index (χ1v) is 6.86.